The molecule has 1 rings (SSSR count). The average Bonchev–Trinajstić information content (AvgIpc) is 2.23. The van der Waals surface area contributed by atoms with Crippen LogP contribution in [0.5, 0.6) is 6.01 Å². The second-order valence-electron chi connectivity index (χ2n) is 3.24. The van der Waals surface area contributed by atoms with E-state index in [2.05, 4.69) is 25.7 Å². The monoisotopic (exact) mass is 336 g/mol. The predicted molar refractivity (Wildman–Crippen MR) is 53.7 cm³/mol. The summed E-state index contributed by atoms with van der Waals surface area (Å²) in [7, 11) is 1.13. The molecular weight excluding hydrogens is 331 g/mol. The second-order valence-corrected chi connectivity index (χ2v) is 4.10. The van der Waals surface area contributed by atoms with Crippen molar-refractivity contribution >= 4 is 15.9 Å². The van der Waals surface area contributed by atoms with Crippen LogP contribution >= 0.6 is 15.9 Å². The summed E-state index contributed by atoms with van der Waals surface area (Å²) in [5.41, 5.74) is -0.671. The first-order valence-corrected chi connectivity index (χ1v) is 5.14. The summed E-state index contributed by atoms with van der Waals surface area (Å²) in [6.07, 6.45) is -4.77. The first kappa shape index (κ1) is 14.9. The van der Waals surface area contributed by atoms with E-state index in [1.165, 1.54) is 0 Å². The maximum atomic E-state index is 12.6. The number of nitrogens with zero attached hydrogens (tertiary/aromatic N) is 2. The Balaban J connectivity index is 2.89. The summed E-state index contributed by atoms with van der Waals surface area (Å²) < 4.78 is 65.6. The Morgan fingerprint density at radius 2 is 1.94 bits per heavy atom. The maximum absolute atomic E-state index is 12.6. The van der Waals surface area contributed by atoms with Gasteiger partial charge in [0.25, 0.3) is 11.6 Å². The van der Waals surface area contributed by atoms with E-state index in [0.717, 1.165) is 13.2 Å². The van der Waals surface area contributed by atoms with Crippen LogP contribution in [0.25, 0.3) is 0 Å². The third-order valence-corrected chi connectivity index (χ3v) is 2.43. The number of rotatable bonds is 3. The Morgan fingerprint density at radius 3 is 2.44 bits per heavy atom. The third kappa shape index (κ3) is 2.98. The summed E-state index contributed by atoms with van der Waals surface area (Å²) >= 11 is 2.82. The zero-order valence-electron chi connectivity index (χ0n) is 8.76. The molecule has 0 radical (unpaired) electrons. The zero-order chi connectivity index (χ0) is 14.1. The lowest BCUT2D eigenvalue weighted by Crippen LogP contribution is -2.42. The predicted octanol–water partition coefficient (Wildman–Crippen LogP) is 2.12. The van der Waals surface area contributed by atoms with Gasteiger partial charge in [0.2, 0.25) is 0 Å². The quantitative estimate of drug-likeness (QED) is 0.794. The smallest absolute Gasteiger partial charge is 0.456 e. The fourth-order valence-corrected chi connectivity index (χ4v) is 1.24. The fraction of sp³-hybridized carbons (Fsp3) is 0.500. The highest BCUT2D eigenvalue weighted by atomic mass is 79.9. The largest absolute Gasteiger partial charge is 0.458 e. The molecular formula is C8H6BrF5N2O2. The lowest BCUT2D eigenvalue weighted by atomic mass is 10.3. The molecule has 0 fully saturated rings. The summed E-state index contributed by atoms with van der Waals surface area (Å²) in [6.45, 7) is -1.95. The van der Waals surface area contributed by atoms with Crippen molar-refractivity contribution in [1.82, 2.24) is 9.55 Å². The number of halogens is 6. The van der Waals surface area contributed by atoms with Crippen LogP contribution in [0.2, 0.25) is 0 Å². The highest BCUT2D eigenvalue weighted by Gasteiger charge is 2.58. The molecule has 0 spiro atoms. The van der Waals surface area contributed by atoms with Crippen molar-refractivity contribution in [2.24, 2.45) is 7.05 Å². The third-order valence-electron chi connectivity index (χ3n) is 1.88. The summed E-state index contributed by atoms with van der Waals surface area (Å²) in [6, 6.07) is -0.632. The molecule has 0 saturated carbocycles. The van der Waals surface area contributed by atoms with Gasteiger partial charge in [0.15, 0.2) is 6.61 Å². The molecule has 18 heavy (non-hydrogen) atoms. The molecule has 0 saturated heterocycles. The van der Waals surface area contributed by atoms with E-state index in [-0.39, 0.29) is 4.47 Å². The molecule has 1 heterocycles. The number of hydrogen-bond donors (Lipinski definition) is 0. The van der Waals surface area contributed by atoms with Gasteiger partial charge in [-0.1, -0.05) is 0 Å². The van der Waals surface area contributed by atoms with Gasteiger partial charge in [0.1, 0.15) is 4.47 Å². The molecule has 1 aromatic heterocycles. The average molecular weight is 337 g/mol. The van der Waals surface area contributed by atoms with Crippen LogP contribution in [-0.2, 0) is 7.05 Å². The van der Waals surface area contributed by atoms with E-state index in [1.807, 2.05) is 0 Å². The minimum Gasteiger partial charge on any atom is -0.458 e. The lowest BCUT2D eigenvalue weighted by Gasteiger charge is -2.19. The molecule has 0 aliphatic rings. The molecule has 10 heteroatoms. The molecule has 0 aliphatic carbocycles. The molecule has 102 valence electrons. The Labute approximate surface area is 106 Å². The van der Waals surface area contributed by atoms with E-state index in [4.69, 9.17) is 0 Å². The molecule has 4 nitrogen and oxygen atoms in total. The van der Waals surface area contributed by atoms with Crippen molar-refractivity contribution in [2.45, 2.75) is 12.1 Å². The van der Waals surface area contributed by atoms with Crippen molar-refractivity contribution in [3.63, 3.8) is 0 Å². The van der Waals surface area contributed by atoms with Gasteiger partial charge in [0.05, 0.1) is 6.20 Å². The maximum Gasteiger partial charge on any atom is 0.456 e. The SMILES string of the molecule is Cn1c(OCC(F)(F)C(F)(F)F)ncc(Br)c1=O. The van der Waals surface area contributed by atoms with Gasteiger partial charge < -0.3 is 4.74 Å². The van der Waals surface area contributed by atoms with Crippen molar-refractivity contribution in [3.8, 4) is 6.01 Å². The molecule has 0 bridgehead atoms. The highest BCUT2D eigenvalue weighted by Crippen LogP contribution is 2.35. The minimum atomic E-state index is -5.72. The first-order chi connectivity index (χ1) is 8.06. The molecule has 0 atom stereocenters. The van der Waals surface area contributed by atoms with Crippen LogP contribution in [0.4, 0.5) is 22.0 Å². The van der Waals surface area contributed by atoms with E-state index < -0.39 is 30.3 Å². The van der Waals surface area contributed by atoms with Gasteiger partial charge in [0, 0.05) is 7.05 Å². The Kier molecular flexibility index (Phi) is 3.99. The topological polar surface area (TPSA) is 44.1 Å². The van der Waals surface area contributed by atoms with Crippen LogP contribution in [0.3, 0.4) is 0 Å². The second kappa shape index (κ2) is 4.82. The van der Waals surface area contributed by atoms with Crippen LogP contribution < -0.4 is 10.3 Å². The normalized spacial score (nSPS) is 12.6. The minimum absolute atomic E-state index is 0.0277. The van der Waals surface area contributed by atoms with Crippen molar-refractivity contribution in [2.75, 3.05) is 6.61 Å². The number of hydrogen-bond acceptors (Lipinski definition) is 3. The molecule has 0 amide bonds. The van der Waals surface area contributed by atoms with Crippen molar-refractivity contribution in [1.29, 1.82) is 0 Å². The van der Waals surface area contributed by atoms with E-state index >= 15 is 0 Å². The van der Waals surface area contributed by atoms with Crippen molar-refractivity contribution in [3.05, 3.63) is 21.0 Å². The standard InChI is InChI=1S/C8H6BrF5N2O2/c1-16-5(17)4(9)2-15-6(16)18-3-7(10,11)8(12,13)14/h2H,3H2,1H3. The van der Waals surface area contributed by atoms with E-state index in [0.29, 0.717) is 4.57 Å². The number of alkyl halides is 5. The van der Waals surface area contributed by atoms with Crippen LogP contribution in [-0.4, -0.2) is 28.3 Å². The van der Waals surface area contributed by atoms with Crippen LogP contribution in [0.1, 0.15) is 0 Å². The molecule has 0 aromatic carbocycles. The first-order valence-electron chi connectivity index (χ1n) is 4.35. The summed E-state index contributed by atoms with van der Waals surface area (Å²) in [4.78, 5) is 14.7. The molecule has 1 aromatic rings. The van der Waals surface area contributed by atoms with Crippen molar-refractivity contribution < 1.29 is 26.7 Å². The van der Waals surface area contributed by atoms with Crippen LogP contribution in [0, 0.1) is 0 Å². The summed E-state index contributed by atoms with van der Waals surface area (Å²) in [5.74, 6) is -5.02. The zero-order valence-corrected chi connectivity index (χ0v) is 10.3. The Morgan fingerprint density at radius 1 is 1.39 bits per heavy atom. The Bertz CT molecular complexity index is 499. The lowest BCUT2D eigenvalue weighted by molar-refractivity contribution is -0.290. The number of ether oxygens (including phenoxy) is 1. The van der Waals surface area contributed by atoms with Gasteiger partial charge >= 0.3 is 12.1 Å². The molecule has 0 unspecified atom stereocenters. The number of aromatic nitrogens is 2. The molecule has 0 N–H and O–H groups in total. The van der Waals surface area contributed by atoms with Gasteiger partial charge in [-0.3, -0.25) is 9.36 Å². The highest BCUT2D eigenvalue weighted by molar-refractivity contribution is 9.10. The fourth-order valence-electron chi connectivity index (χ4n) is 0.872. The summed E-state index contributed by atoms with van der Waals surface area (Å²) in [5, 5.41) is 0. The van der Waals surface area contributed by atoms with Gasteiger partial charge in [-0.05, 0) is 15.9 Å². The van der Waals surface area contributed by atoms with Crippen LogP contribution in [0.15, 0.2) is 15.5 Å². The van der Waals surface area contributed by atoms with Gasteiger partial charge in [-0.15, -0.1) is 0 Å². The van der Waals surface area contributed by atoms with E-state index in [9.17, 15) is 26.7 Å². The van der Waals surface area contributed by atoms with Gasteiger partial charge in [-0.2, -0.15) is 22.0 Å². The van der Waals surface area contributed by atoms with Gasteiger partial charge in [-0.25, -0.2) is 4.98 Å². The van der Waals surface area contributed by atoms with E-state index in [1.54, 1.807) is 0 Å². The Hall–Kier alpha value is -1.19. The molecule has 0 aliphatic heterocycles.